The Morgan fingerprint density at radius 1 is 1.00 bits per heavy atom. The van der Waals surface area contributed by atoms with E-state index in [1.807, 2.05) is 12.1 Å². The van der Waals surface area contributed by atoms with Gasteiger partial charge in [-0.15, -0.1) is 0 Å². The molecule has 0 heterocycles. The summed E-state index contributed by atoms with van der Waals surface area (Å²) in [5.41, 5.74) is 8.26. The van der Waals surface area contributed by atoms with E-state index in [2.05, 4.69) is 12.1 Å². The Labute approximate surface area is 115 Å². The van der Waals surface area contributed by atoms with Crippen molar-refractivity contribution in [2.24, 2.45) is 11.7 Å². The van der Waals surface area contributed by atoms with Gasteiger partial charge in [0.05, 0.1) is 0 Å². The van der Waals surface area contributed by atoms with Gasteiger partial charge in [0.15, 0.2) is 5.78 Å². The molecule has 2 N–H and O–H groups in total. The van der Waals surface area contributed by atoms with E-state index in [-0.39, 0.29) is 12.0 Å². The molecule has 0 bridgehead atoms. The number of carbonyl (C=O) groups is 1. The third kappa shape index (κ3) is 2.74. The lowest BCUT2D eigenvalue weighted by molar-refractivity contribution is 0.0881. The maximum absolute atomic E-state index is 12.5. The smallest absolute Gasteiger partial charge is 0.165 e. The standard InChI is InChI=1S/C17H23NO/c18-16-6-2-5-15(11-16)17(19)14-9-7-13(8-10-14)12-3-1-4-12/h7-10,12,15-16H,1-6,11,18H2. The quantitative estimate of drug-likeness (QED) is 0.840. The lowest BCUT2D eigenvalue weighted by atomic mass is 9.78. The van der Waals surface area contributed by atoms with Gasteiger partial charge in [-0.2, -0.15) is 0 Å². The molecule has 2 aliphatic carbocycles. The van der Waals surface area contributed by atoms with Crippen LogP contribution in [-0.4, -0.2) is 11.8 Å². The fourth-order valence-electron chi connectivity index (χ4n) is 3.36. The molecule has 2 fully saturated rings. The zero-order valence-corrected chi connectivity index (χ0v) is 11.5. The number of ketones is 1. The van der Waals surface area contributed by atoms with Crippen LogP contribution in [0, 0.1) is 5.92 Å². The fourth-order valence-corrected chi connectivity index (χ4v) is 3.36. The van der Waals surface area contributed by atoms with Crippen molar-refractivity contribution in [3.8, 4) is 0 Å². The van der Waals surface area contributed by atoms with Crippen LogP contribution >= 0.6 is 0 Å². The predicted octanol–water partition coefficient (Wildman–Crippen LogP) is 3.65. The van der Waals surface area contributed by atoms with Crippen molar-refractivity contribution in [2.45, 2.75) is 56.9 Å². The highest BCUT2D eigenvalue weighted by molar-refractivity contribution is 5.98. The van der Waals surface area contributed by atoms with Crippen molar-refractivity contribution in [3.05, 3.63) is 35.4 Å². The van der Waals surface area contributed by atoms with Crippen molar-refractivity contribution in [3.63, 3.8) is 0 Å². The molecule has 2 aliphatic rings. The van der Waals surface area contributed by atoms with Crippen LogP contribution in [0.4, 0.5) is 0 Å². The molecule has 0 radical (unpaired) electrons. The first-order chi connectivity index (χ1) is 9.24. The molecular formula is C17H23NO. The van der Waals surface area contributed by atoms with E-state index in [0.717, 1.165) is 37.2 Å². The Hall–Kier alpha value is -1.15. The van der Waals surface area contributed by atoms with Crippen LogP contribution in [0.3, 0.4) is 0 Å². The topological polar surface area (TPSA) is 43.1 Å². The fraction of sp³-hybridized carbons (Fsp3) is 0.588. The van der Waals surface area contributed by atoms with Gasteiger partial charge in [0.25, 0.3) is 0 Å². The Morgan fingerprint density at radius 2 is 1.68 bits per heavy atom. The van der Waals surface area contributed by atoms with Crippen LogP contribution in [0.2, 0.25) is 0 Å². The lowest BCUT2D eigenvalue weighted by Gasteiger charge is -2.27. The molecule has 2 nitrogen and oxygen atoms in total. The van der Waals surface area contributed by atoms with Crippen molar-refractivity contribution < 1.29 is 4.79 Å². The SMILES string of the molecule is NC1CCCC(C(=O)c2ccc(C3CCC3)cc2)C1. The van der Waals surface area contributed by atoms with Gasteiger partial charge < -0.3 is 5.73 Å². The normalized spacial score (nSPS) is 27.8. The molecule has 19 heavy (non-hydrogen) atoms. The average Bonchev–Trinajstić information content (AvgIpc) is 2.37. The Kier molecular flexibility index (Phi) is 3.69. The molecule has 0 aliphatic heterocycles. The molecule has 2 heteroatoms. The number of carbonyl (C=O) groups excluding carboxylic acids is 1. The molecule has 1 aromatic rings. The highest BCUT2D eigenvalue weighted by Gasteiger charge is 2.26. The minimum atomic E-state index is 0.151. The number of rotatable bonds is 3. The minimum absolute atomic E-state index is 0.151. The molecule has 102 valence electrons. The summed E-state index contributed by atoms with van der Waals surface area (Å²) in [6, 6.07) is 8.57. The van der Waals surface area contributed by atoms with Gasteiger partial charge >= 0.3 is 0 Å². The van der Waals surface area contributed by atoms with Crippen molar-refractivity contribution in [2.75, 3.05) is 0 Å². The molecule has 0 spiro atoms. The second-order valence-corrected chi connectivity index (χ2v) is 6.24. The Balaban J connectivity index is 1.68. The number of hydrogen-bond donors (Lipinski definition) is 1. The van der Waals surface area contributed by atoms with Crippen LogP contribution in [-0.2, 0) is 0 Å². The van der Waals surface area contributed by atoms with Gasteiger partial charge in [0.1, 0.15) is 0 Å². The van der Waals surface area contributed by atoms with Crippen LogP contribution in [0.15, 0.2) is 24.3 Å². The number of Topliss-reactive ketones (excluding diaryl/α,β-unsaturated/α-hetero) is 1. The monoisotopic (exact) mass is 257 g/mol. The van der Waals surface area contributed by atoms with Crippen molar-refractivity contribution in [1.29, 1.82) is 0 Å². The van der Waals surface area contributed by atoms with Crippen molar-refractivity contribution >= 4 is 5.78 Å². The molecule has 0 saturated heterocycles. The summed E-state index contributed by atoms with van der Waals surface area (Å²) in [6.45, 7) is 0. The predicted molar refractivity (Wildman–Crippen MR) is 77.3 cm³/mol. The van der Waals surface area contributed by atoms with E-state index in [4.69, 9.17) is 5.73 Å². The summed E-state index contributed by atoms with van der Waals surface area (Å²) >= 11 is 0. The summed E-state index contributed by atoms with van der Waals surface area (Å²) in [7, 11) is 0. The molecule has 2 saturated carbocycles. The highest BCUT2D eigenvalue weighted by atomic mass is 16.1. The van der Waals surface area contributed by atoms with Gasteiger partial charge in [0, 0.05) is 17.5 Å². The van der Waals surface area contributed by atoms with Crippen LogP contribution in [0.5, 0.6) is 0 Å². The summed E-state index contributed by atoms with van der Waals surface area (Å²) in [5, 5.41) is 0. The molecule has 2 atom stereocenters. The second-order valence-electron chi connectivity index (χ2n) is 6.24. The van der Waals surface area contributed by atoms with E-state index in [1.165, 1.54) is 24.8 Å². The molecule has 2 unspecified atom stereocenters. The van der Waals surface area contributed by atoms with Crippen LogP contribution in [0.1, 0.15) is 66.8 Å². The van der Waals surface area contributed by atoms with Gasteiger partial charge in [-0.25, -0.2) is 0 Å². The summed E-state index contributed by atoms with van der Waals surface area (Å²) in [4.78, 5) is 12.5. The number of hydrogen-bond acceptors (Lipinski definition) is 2. The molecule has 3 rings (SSSR count). The third-order valence-electron chi connectivity index (χ3n) is 4.86. The van der Waals surface area contributed by atoms with Crippen LogP contribution in [0.25, 0.3) is 0 Å². The molecule has 1 aromatic carbocycles. The van der Waals surface area contributed by atoms with Gasteiger partial charge in [-0.3, -0.25) is 4.79 Å². The Bertz CT molecular complexity index is 447. The summed E-state index contributed by atoms with van der Waals surface area (Å²) in [6.07, 6.45) is 8.02. The minimum Gasteiger partial charge on any atom is -0.328 e. The molecule has 0 aromatic heterocycles. The number of benzene rings is 1. The summed E-state index contributed by atoms with van der Waals surface area (Å²) < 4.78 is 0. The van der Waals surface area contributed by atoms with E-state index >= 15 is 0 Å². The molecular weight excluding hydrogens is 234 g/mol. The van der Waals surface area contributed by atoms with E-state index in [0.29, 0.717) is 5.78 Å². The van der Waals surface area contributed by atoms with E-state index < -0.39 is 0 Å². The van der Waals surface area contributed by atoms with E-state index in [9.17, 15) is 4.79 Å². The van der Waals surface area contributed by atoms with Gasteiger partial charge in [0.2, 0.25) is 0 Å². The largest absolute Gasteiger partial charge is 0.328 e. The third-order valence-corrected chi connectivity index (χ3v) is 4.86. The van der Waals surface area contributed by atoms with E-state index in [1.54, 1.807) is 0 Å². The van der Waals surface area contributed by atoms with Crippen molar-refractivity contribution in [1.82, 2.24) is 0 Å². The average molecular weight is 257 g/mol. The van der Waals surface area contributed by atoms with Crippen LogP contribution < -0.4 is 5.73 Å². The first-order valence-corrected chi connectivity index (χ1v) is 7.64. The zero-order valence-electron chi connectivity index (χ0n) is 11.5. The lowest BCUT2D eigenvalue weighted by Crippen LogP contribution is -2.31. The maximum Gasteiger partial charge on any atom is 0.165 e. The number of nitrogens with two attached hydrogens (primary N) is 1. The Morgan fingerprint density at radius 3 is 2.26 bits per heavy atom. The highest BCUT2D eigenvalue weighted by Crippen LogP contribution is 2.36. The summed E-state index contributed by atoms with van der Waals surface area (Å²) in [5.74, 6) is 1.20. The van der Waals surface area contributed by atoms with Gasteiger partial charge in [-0.05, 0) is 43.6 Å². The maximum atomic E-state index is 12.5. The first kappa shape index (κ1) is 12.9. The zero-order chi connectivity index (χ0) is 13.2. The first-order valence-electron chi connectivity index (χ1n) is 7.64. The second kappa shape index (κ2) is 5.46. The van der Waals surface area contributed by atoms with Gasteiger partial charge in [-0.1, -0.05) is 37.1 Å². The molecule has 0 amide bonds.